The van der Waals surface area contributed by atoms with E-state index in [0.717, 1.165) is 25.2 Å². The van der Waals surface area contributed by atoms with Gasteiger partial charge in [-0.2, -0.15) is 0 Å². The minimum Gasteiger partial charge on any atom is -0.314 e. The van der Waals surface area contributed by atoms with Crippen LogP contribution < -0.4 is 10.6 Å². The van der Waals surface area contributed by atoms with Gasteiger partial charge in [0.15, 0.2) is 0 Å². The maximum Gasteiger partial charge on any atom is 0.0233 e. The molecule has 0 radical (unpaired) electrons. The highest BCUT2D eigenvalue weighted by molar-refractivity contribution is 4.95. The Morgan fingerprint density at radius 1 is 1.05 bits per heavy atom. The van der Waals surface area contributed by atoms with Crippen LogP contribution >= 0.6 is 0 Å². The SMILES string of the molecule is CC.CC(C)(C)N1CCNCC1.CN1CC2CC1CN2. The zero-order valence-electron chi connectivity index (χ0n) is 14.5. The van der Waals surface area contributed by atoms with E-state index in [1.165, 1.54) is 32.6 Å². The molecule has 0 saturated carbocycles. The average molecular weight is 284 g/mol. The summed E-state index contributed by atoms with van der Waals surface area (Å²) in [4.78, 5) is 4.96. The van der Waals surface area contributed by atoms with Gasteiger partial charge in [0, 0.05) is 56.9 Å². The first-order valence-electron chi connectivity index (χ1n) is 8.36. The van der Waals surface area contributed by atoms with E-state index in [9.17, 15) is 0 Å². The second-order valence-corrected chi connectivity index (χ2v) is 6.84. The fourth-order valence-corrected chi connectivity index (χ4v) is 3.11. The summed E-state index contributed by atoms with van der Waals surface area (Å²) >= 11 is 0. The Morgan fingerprint density at radius 3 is 1.90 bits per heavy atom. The summed E-state index contributed by atoms with van der Waals surface area (Å²) in [6.45, 7) is 18.0. The monoisotopic (exact) mass is 284 g/mol. The topological polar surface area (TPSA) is 30.5 Å². The highest BCUT2D eigenvalue weighted by Gasteiger charge is 2.34. The highest BCUT2D eigenvalue weighted by atomic mass is 15.3. The van der Waals surface area contributed by atoms with Gasteiger partial charge in [-0.25, -0.2) is 0 Å². The van der Waals surface area contributed by atoms with E-state index in [4.69, 9.17) is 0 Å². The molecule has 3 rings (SSSR count). The molecule has 3 aliphatic rings. The zero-order valence-corrected chi connectivity index (χ0v) is 14.5. The molecule has 0 amide bonds. The maximum atomic E-state index is 3.44. The van der Waals surface area contributed by atoms with Crippen molar-refractivity contribution < 1.29 is 0 Å². The molecule has 20 heavy (non-hydrogen) atoms. The molecular weight excluding hydrogens is 248 g/mol. The molecule has 2 bridgehead atoms. The van der Waals surface area contributed by atoms with E-state index < -0.39 is 0 Å². The molecule has 2 N–H and O–H groups in total. The van der Waals surface area contributed by atoms with Gasteiger partial charge < -0.3 is 15.5 Å². The van der Waals surface area contributed by atoms with Crippen LogP contribution in [0.25, 0.3) is 0 Å². The Kier molecular flexibility index (Phi) is 7.45. The van der Waals surface area contributed by atoms with Crippen LogP contribution in [0.15, 0.2) is 0 Å². The summed E-state index contributed by atoms with van der Waals surface area (Å²) in [5.74, 6) is 0. The predicted molar refractivity (Wildman–Crippen MR) is 88.4 cm³/mol. The van der Waals surface area contributed by atoms with Crippen molar-refractivity contribution in [2.45, 2.75) is 58.7 Å². The fraction of sp³-hybridized carbons (Fsp3) is 1.00. The number of rotatable bonds is 0. The van der Waals surface area contributed by atoms with Crippen LogP contribution in [0.2, 0.25) is 0 Å². The van der Waals surface area contributed by atoms with Crippen LogP contribution in [0.3, 0.4) is 0 Å². The quantitative estimate of drug-likeness (QED) is 0.703. The third-order valence-electron chi connectivity index (χ3n) is 4.40. The smallest absolute Gasteiger partial charge is 0.0233 e. The Balaban J connectivity index is 0.000000181. The Bertz CT molecular complexity index is 254. The van der Waals surface area contributed by atoms with E-state index in [0.29, 0.717) is 5.54 Å². The summed E-state index contributed by atoms with van der Waals surface area (Å²) in [5, 5.41) is 6.79. The van der Waals surface area contributed by atoms with Crippen molar-refractivity contribution in [3.63, 3.8) is 0 Å². The van der Waals surface area contributed by atoms with Crippen molar-refractivity contribution in [1.29, 1.82) is 0 Å². The standard InChI is InChI=1S/C8H18N2.C6H12N2.C2H6/c1-8(2,3)10-6-4-9-5-7-10;1-8-4-5-2-6(8)3-7-5;1-2/h9H,4-7H2,1-3H3;5-7H,2-4H2,1H3;1-2H3. The van der Waals surface area contributed by atoms with Crippen LogP contribution in [0.5, 0.6) is 0 Å². The molecule has 0 aromatic carbocycles. The molecule has 0 aromatic heterocycles. The molecule has 2 atom stereocenters. The molecule has 0 aliphatic carbocycles. The van der Waals surface area contributed by atoms with Crippen molar-refractivity contribution in [2.24, 2.45) is 0 Å². The van der Waals surface area contributed by atoms with Gasteiger partial charge in [0.1, 0.15) is 0 Å². The number of nitrogens with one attached hydrogen (secondary N) is 2. The highest BCUT2D eigenvalue weighted by Crippen LogP contribution is 2.20. The number of hydrogen-bond acceptors (Lipinski definition) is 4. The van der Waals surface area contributed by atoms with E-state index in [1.807, 2.05) is 13.8 Å². The first kappa shape index (κ1) is 17.9. The molecule has 0 spiro atoms. The van der Waals surface area contributed by atoms with E-state index in [-0.39, 0.29) is 0 Å². The number of hydrogen-bond donors (Lipinski definition) is 2. The lowest BCUT2D eigenvalue weighted by Gasteiger charge is -2.38. The Labute approximate surface area is 126 Å². The molecule has 0 aromatic rings. The van der Waals surface area contributed by atoms with Crippen molar-refractivity contribution in [3.8, 4) is 0 Å². The molecule has 120 valence electrons. The van der Waals surface area contributed by atoms with Gasteiger partial charge >= 0.3 is 0 Å². The first-order chi connectivity index (χ1) is 9.47. The molecule has 2 unspecified atom stereocenters. The second kappa shape index (κ2) is 8.32. The molecule has 3 heterocycles. The van der Waals surface area contributed by atoms with Crippen molar-refractivity contribution in [1.82, 2.24) is 20.4 Å². The lowest BCUT2D eigenvalue weighted by molar-refractivity contribution is 0.119. The van der Waals surface area contributed by atoms with Gasteiger partial charge in [-0.3, -0.25) is 4.90 Å². The molecule has 3 aliphatic heterocycles. The molecular formula is C16H36N4. The minimum absolute atomic E-state index is 0.363. The van der Waals surface area contributed by atoms with Gasteiger partial charge in [-0.15, -0.1) is 0 Å². The summed E-state index contributed by atoms with van der Waals surface area (Å²) in [6.07, 6.45) is 1.39. The van der Waals surface area contributed by atoms with Gasteiger partial charge in [-0.1, -0.05) is 13.8 Å². The summed E-state index contributed by atoms with van der Waals surface area (Å²) in [6, 6.07) is 1.69. The van der Waals surface area contributed by atoms with Crippen LogP contribution in [0, 0.1) is 0 Å². The fourth-order valence-electron chi connectivity index (χ4n) is 3.11. The Morgan fingerprint density at radius 2 is 1.65 bits per heavy atom. The van der Waals surface area contributed by atoms with Crippen LogP contribution in [-0.4, -0.2) is 73.7 Å². The second-order valence-electron chi connectivity index (χ2n) is 6.84. The average Bonchev–Trinajstić information content (AvgIpc) is 3.04. The van der Waals surface area contributed by atoms with Gasteiger partial charge in [0.25, 0.3) is 0 Å². The maximum absolute atomic E-state index is 3.44. The van der Waals surface area contributed by atoms with Crippen molar-refractivity contribution >= 4 is 0 Å². The molecule has 4 heteroatoms. The first-order valence-corrected chi connectivity index (χ1v) is 8.36. The number of fused-ring (bicyclic) bond motifs is 2. The summed E-state index contributed by atoms with van der Waals surface area (Å²) < 4.78 is 0. The van der Waals surface area contributed by atoms with Gasteiger partial charge in [0.05, 0.1) is 0 Å². The van der Waals surface area contributed by atoms with Crippen molar-refractivity contribution in [2.75, 3.05) is 46.3 Å². The lowest BCUT2D eigenvalue weighted by Crippen LogP contribution is -2.51. The van der Waals surface area contributed by atoms with E-state index >= 15 is 0 Å². The van der Waals surface area contributed by atoms with Crippen LogP contribution in [0.1, 0.15) is 41.0 Å². The minimum atomic E-state index is 0.363. The number of likely N-dealkylation sites (tertiary alicyclic amines) is 1. The third kappa shape index (κ3) is 5.32. The predicted octanol–water partition coefficient (Wildman–Crippen LogP) is 1.38. The van der Waals surface area contributed by atoms with Crippen molar-refractivity contribution in [3.05, 3.63) is 0 Å². The third-order valence-corrected chi connectivity index (χ3v) is 4.40. The lowest BCUT2D eigenvalue weighted by atomic mass is 10.1. The molecule has 3 saturated heterocycles. The summed E-state index contributed by atoms with van der Waals surface area (Å²) in [5.41, 5.74) is 0.363. The Hall–Kier alpha value is -0.160. The zero-order chi connectivity index (χ0) is 15.2. The number of nitrogens with zero attached hydrogens (tertiary/aromatic N) is 2. The van der Waals surface area contributed by atoms with Crippen LogP contribution in [0.4, 0.5) is 0 Å². The largest absolute Gasteiger partial charge is 0.314 e. The number of piperazine rings is 2. The van der Waals surface area contributed by atoms with E-state index in [2.05, 4.69) is 48.3 Å². The van der Waals surface area contributed by atoms with Crippen LogP contribution in [-0.2, 0) is 0 Å². The summed E-state index contributed by atoms with van der Waals surface area (Å²) in [7, 11) is 2.21. The number of likely N-dealkylation sites (N-methyl/N-ethyl adjacent to an activating group) is 1. The molecule has 3 fully saturated rings. The van der Waals surface area contributed by atoms with E-state index in [1.54, 1.807) is 0 Å². The molecule has 4 nitrogen and oxygen atoms in total. The normalized spacial score (nSPS) is 30.3. The van der Waals surface area contributed by atoms with Gasteiger partial charge in [-0.05, 0) is 34.2 Å². The van der Waals surface area contributed by atoms with Gasteiger partial charge in [0.2, 0.25) is 0 Å².